The lowest BCUT2D eigenvalue weighted by molar-refractivity contribution is -0.117. The van der Waals surface area contributed by atoms with E-state index in [2.05, 4.69) is 4.98 Å². The second kappa shape index (κ2) is 8.22. The third-order valence-electron chi connectivity index (χ3n) is 5.82. The molecule has 2 aliphatic heterocycles. The highest BCUT2D eigenvalue weighted by atomic mass is 32.2. The Bertz CT molecular complexity index is 1200. The molecule has 0 unspecified atom stereocenters. The van der Waals surface area contributed by atoms with E-state index >= 15 is 0 Å². The highest BCUT2D eigenvalue weighted by Gasteiger charge is 2.30. The first-order chi connectivity index (χ1) is 15.0. The fraction of sp³-hybridized carbons (Fsp3) is 0.364. The summed E-state index contributed by atoms with van der Waals surface area (Å²) in [5.41, 5.74) is 2.41. The van der Waals surface area contributed by atoms with E-state index in [1.165, 1.54) is 11.3 Å². The third kappa shape index (κ3) is 3.93. The number of hydrogen-bond donors (Lipinski definition) is 0. The fourth-order valence-electron chi connectivity index (χ4n) is 4.20. The second-order valence-corrected chi connectivity index (χ2v) is 10.6. The van der Waals surface area contributed by atoms with Crippen LogP contribution >= 0.6 is 11.3 Å². The van der Waals surface area contributed by atoms with Gasteiger partial charge < -0.3 is 9.32 Å². The molecule has 5 rings (SSSR count). The van der Waals surface area contributed by atoms with E-state index in [1.807, 2.05) is 17.5 Å². The summed E-state index contributed by atoms with van der Waals surface area (Å²) >= 11 is 1.45. The van der Waals surface area contributed by atoms with Gasteiger partial charge in [0.2, 0.25) is 15.9 Å². The first-order valence-corrected chi connectivity index (χ1v) is 12.8. The van der Waals surface area contributed by atoms with Gasteiger partial charge in [-0.2, -0.15) is 4.31 Å². The normalized spacial score (nSPS) is 17.1. The molecule has 0 N–H and O–H groups in total. The van der Waals surface area contributed by atoms with E-state index in [-0.39, 0.29) is 12.3 Å². The van der Waals surface area contributed by atoms with Gasteiger partial charge in [-0.3, -0.25) is 4.79 Å². The van der Waals surface area contributed by atoms with E-state index in [0.29, 0.717) is 42.4 Å². The molecule has 0 aliphatic carbocycles. The number of rotatable bonds is 5. The molecule has 0 radical (unpaired) electrons. The van der Waals surface area contributed by atoms with Gasteiger partial charge in [0.1, 0.15) is 0 Å². The van der Waals surface area contributed by atoms with Crippen LogP contribution in [0.15, 0.2) is 51.3 Å². The Kier molecular flexibility index (Phi) is 5.41. The van der Waals surface area contributed by atoms with Gasteiger partial charge in [0.25, 0.3) is 0 Å². The zero-order valence-corrected chi connectivity index (χ0v) is 18.6. The Hall–Kier alpha value is -2.49. The minimum Gasteiger partial charge on any atom is -0.462 e. The van der Waals surface area contributed by atoms with Crippen LogP contribution in [0, 0.1) is 0 Å². The maximum absolute atomic E-state index is 13.0. The highest BCUT2D eigenvalue weighted by Crippen LogP contribution is 2.32. The van der Waals surface area contributed by atoms with Crippen LogP contribution in [0.25, 0.3) is 10.8 Å². The number of hydrogen-bond acceptors (Lipinski definition) is 6. The van der Waals surface area contributed by atoms with E-state index in [4.69, 9.17) is 4.42 Å². The molecule has 1 fully saturated rings. The molecule has 7 nitrogen and oxygen atoms in total. The first kappa shape index (κ1) is 20.4. The molecule has 9 heteroatoms. The summed E-state index contributed by atoms with van der Waals surface area (Å²) < 4.78 is 32.9. The summed E-state index contributed by atoms with van der Waals surface area (Å²) in [6.07, 6.45) is 5.34. The summed E-state index contributed by atoms with van der Waals surface area (Å²) in [5, 5.41) is 2.63. The quantitative estimate of drug-likeness (QED) is 0.583. The molecule has 0 atom stereocenters. The van der Waals surface area contributed by atoms with Crippen molar-refractivity contribution in [2.75, 3.05) is 24.5 Å². The third-order valence-corrected chi connectivity index (χ3v) is 8.62. The molecule has 0 bridgehead atoms. The van der Waals surface area contributed by atoms with Gasteiger partial charge in [0, 0.05) is 30.7 Å². The van der Waals surface area contributed by atoms with Crippen molar-refractivity contribution in [3.8, 4) is 10.8 Å². The van der Waals surface area contributed by atoms with Gasteiger partial charge in [0.15, 0.2) is 10.8 Å². The Morgan fingerprint density at radius 2 is 1.97 bits per heavy atom. The number of amides is 1. The van der Waals surface area contributed by atoms with Crippen molar-refractivity contribution in [3.63, 3.8) is 0 Å². The van der Waals surface area contributed by atoms with Gasteiger partial charge in [0.05, 0.1) is 23.3 Å². The van der Waals surface area contributed by atoms with Crippen molar-refractivity contribution >= 4 is 33.0 Å². The molecule has 162 valence electrons. The van der Waals surface area contributed by atoms with Crippen LogP contribution in [-0.4, -0.2) is 43.2 Å². The topological polar surface area (TPSA) is 83.7 Å². The molecule has 31 heavy (non-hydrogen) atoms. The predicted molar refractivity (Wildman–Crippen MR) is 119 cm³/mol. The van der Waals surface area contributed by atoms with Crippen molar-refractivity contribution in [1.82, 2.24) is 9.29 Å². The molecule has 0 spiro atoms. The van der Waals surface area contributed by atoms with Crippen molar-refractivity contribution in [2.45, 2.75) is 37.0 Å². The molecule has 3 aromatic rings. The molecule has 1 aromatic carbocycles. The molecule has 2 aromatic heterocycles. The van der Waals surface area contributed by atoms with E-state index < -0.39 is 10.0 Å². The van der Waals surface area contributed by atoms with Crippen molar-refractivity contribution in [1.29, 1.82) is 0 Å². The number of anilines is 1. The van der Waals surface area contributed by atoms with Crippen molar-refractivity contribution in [3.05, 3.63) is 53.2 Å². The average molecular weight is 458 g/mol. The number of carbonyl (C=O) groups excluding carboxylic acids is 1. The number of sulfonamides is 1. The number of furan rings is 1. The summed E-state index contributed by atoms with van der Waals surface area (Å²) in [6.45, 7) is 1.71. The lowest BCUT2D eigenvalue weighted by Crippen LogP contribution is -2.35. The molecule has 1 saturated heterocycles. The average Bonchev–Trinajstić information content (AvgIpc) is 3.54. The van der Waals surface area contributed by atoms with Gasteiger partial charge in [-0.25, -0.2) is 13.4 Å². The summed E-state index contributed by atoms with van der Waals surface area (Å²) in [5.74, 6) is 0.652. The second-order valence-electron chi connectivity index (χ2n) is 7.85. The Balaban J connectivity index is 1.32. The first-order valence-electron chi connectivity index (χ1n) is 10.4. The smallest absolute Gasteiger partial charge is 0.243 e. The van der Waals surface area contributed by atoms with Gasteiger partial charge in [-0.15, -0.1) is 11.3 Å². The minimum atomic E-state index is -3.48. The summed E-state index contributed by atoms with van der Waals surface area (Å²) in [4.78, 5) is 19.5. The molecule has 4 heterocycles. The van der Waals surface area contributed by atoms with Gasteiger partial charge >= 0.3 is 0 Å². The summed E-state index contributed by atoms with van der Waals surface area (Å²) in [6, 6.07) is 8.79. The van der Waals surface area contributed by atoms with Crippen LogP contribution < -0.4 is 4.90 Å². The van der Waals surface area contributed by atoms with E-state index in [9.17, 15) is 13.2 Å². The standard InChI is InChI=1S/C22H23N3O4S2/c26-21(14-17-15-30-22(23-17)20-5-4-12-29-20)25-11-8-16-13-18(6-7-19(16)25)31(27,28)24-9-2-1-3-10-24/h4-7,12-13,15H,1-3,8-11,14H2. The largest absolute Gasteiger partial charge is 0.462 e. The van der Waals surface area contributed by atoms with Crippen LogP contribution in [-0.2, 0) is 27.7 Å². The maximum atomic E-state index is 13.0. The summed E-state index contributed by atoms with van der Waals surface area (Å²) in [7, 11) is -3.48. The molecule has 2 aliphatic rings. The van der Waals surface area contributed by atoms with Gasteiger partial charge in [-0.1, -0.05) is 6.42 Å². The number of aromatic nitrogens is 1. The van der Waals surface area contributed by atoms with E-state index in [0.717, 1.165) is 35.5 Å². The maximum Gasteiger partial charge on any atom is 0.243 e. The minimum absolute atomic E-state index is 0.0401. The number of carbonyl (C=O) groups is 1. The zero-order valence-electron chi connectivity index (χ0n) is 17.0. The van der Waals surface area contributed by atoms with Crippen molar-refractivity contribution < 1.29 is 17.6 Å². The lowest BCUT2D eigenvalue weighted by atomic mass is 10.2. The Labute approximate surface area is 185 Å². The number of benzene rings is 1. The van der Waals surface area contributed by atoms with Crippen LogP contribution in [0.4, 0.5) is 5.69 Å². The Morgan fingerprint density at radius 3 is 2.74 bits per heavy atom. The lowest BCUT2D eigenvalue weighted by Gasteiger charge is -2.26. The van der Waals surface area contributed by atoms with Crippen molar-refractivity contribution in [2.24, 2.45) is 0 Å². The number of piperidine rings is 1. The fourth-order valence-corrected chi connectivity index (χ4v) is 6.56. The highest BCUT2D eigenvalue weighted by molar-refractivity contribution is 7.89. The van der Waals surface area contributed by atoms with E-state index in [1.54, 1.807) is 33.7 Å². The number of thiazole rings is 1. The van der Waals surface area contributed by atoms with Crippen LogP contribution in [0.2, 0.25) is 0 Å². The molecular weight excluding hydrogens is 434 g/mol. The van der Waals surface area contributed by atoms with Crippen LogP contribution in [0.1, 0.15) is 30.5 Å². The number of nitrogens with zero attached hydrogens (tertiary/aromatic N) is 3. The Morgan fingerprint density at radius 1 is 1.13 bits per heavy atom. The number of fused-ring (bicyclic) bond motifs is 1. The van der Waals surface area contributed by atoms with Crippen LogP contribution in [0.3, 0.4) is 0 Å². The molecule has 1 amide bonds. The molecule has 0 saturated carbocycles. The monoisotopic (exact) mass is 457 g/mol. The predicted octanol–water partition coefficient (Wildman–Crippen LogP) is 3.71. The van der Waals surface area contributed by atoms with Crippen LogP contribution in [0.5, 0.6) is 0 Å². The molecular formula is C22H23N3O4S2. The van der Waals surface area contributed by atoms with Gasteiger partial charge in [-0.05, 0) is 55.2 Å². The SMILES string of the molecule is O=C(Cc1csc(-c2ccco2)n1)N1CCc2cc(S(=O)(=O)N3CCCCC3)ccc21. The zero-order chi connectivity index (χ0) is 21.4.